The maximum atomic E-state index is 12.4. The van der Waals surface area contributed by atoms with E-state index in [9.17, 15) is 19.8 Å². The van der Waals surface area contributed by atoms with Gasteiger partial charge in [0.05, 0.1) is 24.6 Å². The monoisotopic (exact) mass is 428 g/mol. The van der Waals surface area contributed by atoms with E-state index in [1.165, 1.54) is 10.5 Å². The molecule has 3 N–H and O–H groups in total. The van der Waals surface area contributed by atoms with Crippen LogP contribution in [0.3, 0.4) is 0 Å². The maximum absolute atomic E-state index is 12.4. The van der Waals surface area contributed by atoms with Gasteiger partial charge in [-0.15, -0.1) is 11.8 Å². The Balaban J connectivity index is 1.27. The molecule has 0 bridgehead atoms. The lowest BCUT2D eigenvalue weighted by Gasteiger charge is -2.46. The molecule has 8 nitrogen and oxygen atoms in total. The highest BCUT2D eigenvalue weighted by Crippen LogP contribution is 2.52. The minimum atomic E-state index is -1.07. The summed E-state index contributed by atoms with van der Waals surface area (Å²) in [5.74, 6) is -1.12. The lowest BCUT2D eigenvalue weighted by atomic mass is 9.79. The number of aliphatic hydroxyl groups is 1. The van der Waals surface area contributed by atoms with Crippen molar-refractivity contribution in [3.63, 3.8) is 0 Å². The Morgan fingerprint density at radius 3 is 2.77 bits per heavy atom. The van der Waals surface area contributed by atoms with Gasteiger partial charge in [-0.1, -0.05) is 25.1 Å². The summed E-state index contributed by atoms with van der Waals surface area (Å²) < 4.78 is 0. The Morgan fingerprint density at radius 2 is 2.07 bits per heavy atom. The SMILES string of the molecule is C[C@@H](O)[C@H]1C(=O)N2C(C(=O)O)=C(SC3CN(C4=NCc5ccccc5N4)C3)[C@H](C)[C@H]12. The number of aliphatic imine (C=N–C) groups is 1. The quantitative estimate of drug-likeness (QED) is 0.625. The van der Waals surface area contributed by atoms with Crippen LogP contribution in [-0.2, 0) is 16.1 Å². The lowest BCUT2D eigenvalue weighted by Crippen LogP contribution is -2.63. The topological polar surface area (TPSA) is 105 Å². The number of benzene rings is 1. The number of guanidine groups is 1. The Kier molecular flexibility index (Phi) is 4.55. The summed E-state index contributed by atoms with van der Waals surface area (Å²) in [4.78, 5) is 33.3. The molecule has 0 spiro atoms. The third-order valence-electron chi connectivity index (χ3n) is 6.42. The third kappa shape index (κ3) is 2.83. The molecule has 158 valence electrons. The van der Waals surface area contributed by atoms with Crippen molar-refractivity contribution in [2.24, 2.45) is 16.8 Å². The van der Waals surface area contributed by atoms with E-state index in [0.717, 1.165) is 29.6 Å². The molecule has 4 atom stereocenters. The van der Waals surface area contributed by atoms with Gasteiger partial charge in [0.1, 0.15) is 5.70 Å². The van der Waals surface area contributed by atoms with Crippen LogP contribution < -0.4 is 5.32 Å². The van der Waals surface area contributed by atoms with Crippen LogP contribution in [-0.4, -0.2) is 68.3 Å². The van der Waals surface area contributed by atoms with Gasteiger partial charge in [-0.05, 0) is 18.6 Å². The van der Waals surface area contributed by atoms with Crippen molar-refractivity contribution in [2.45, 2.75) is 37.8 Å². The highest BCUT2D eigenvalue weighted by atomic mass is 32.2. The van der Waals surface area contributed by atoms with Crippen molar-refractivity contribution in [3.05, 3.63) is 40.4 Å². The van der Waals surface area contributed by atoms with Gasteiger partial charge in [0.15, 0.2) is 5.96 Å². The first kappa shape index (κ1) is 19.4. The molecule has 0 aromatic heterocycles. The number of para-hydroxylation sites is 1. The summed E-state index contributed by atoms with van der Waals surface area (Å²) in [5.41, 5.74) is 2.34. The molecule has 1 aromatic carbocycles. The molecule has 4 aliphatic rings. The van der Waals surface area contributed by atoms with Crippen LogP contribution in [0.5, 0.6) is 0 Å². The number of aliphatic carboxylic acids is 1. The molecular formula is C21H24N4O4S. The number of nitrogens with zero attached hydrogens (tertiary/aromatic N) is 3. The van der Waals surface area contributed by atoms with Crippen molar-refractivity contribution in [3.8, 4) is 0 Å². The molecule has 0 radical (unpaired) electrons. The van der Waals surface area contributed by atoms with E-state index < -0.39 is 18.0 Å². The van der Waals surface area contributed by atoms with Crippen molar-refractivity contribution < 1.29 is 19.8 Å². The Hall–Kier alpha value is -2.52. The summed E-state index contributed by atoms with van der Waals surface area (Å²) >= 11 is 1.55. The molecular weight excluding hydrogens is 404 g/mol. The smallest absolute Gasteiger partial charge is 0.353 e. The predicted molar refractivity (Wildman–Crippen MR) is 114 cm³/mol. The number of carboxylic acids is 1. The average molecular weight is 429 g/mol. The second-order valence-electron chi connectivity index (χ2n) is 8.34. The second-order valence-corrected chi connectivity index (χ2v) is 9.68. The molecule has 0 unspecified atom stereocenters. The number of nitrogens with one attached hydrogen (secondary N) is 1. The molecule has 1 amide bonds. The van der Waals surface area contributed by atoms with Crippen molar-refractivity contribution >= 4 is 35.3 Å². The molecule has 4 aliphatic heterocycles. The molecule has 4 heterocycles. The van der Waals surface area contributed by atoms with Gasteiger partial charge in [-0.3, -0.25) is 4.79 Å². The van der Waals surface area contributed by atoms with Gasteiger partial charge in [0.25, 0.3) is 0 Å². The molecule has 0 saturated carbocycles. The summed E-state index contributed by atoms with van der Waals surface area (Å²) in [6.07, 6.45) is -0.780. The van der Waals surface area contributed by atoms with E-state index in [0.29, 0.717) is 6.54 Å². The number of fused-ring (bicyclic) bond motifs is 2. The average Bonchev–Trinajstić information content (AvgIpc) is 2.92. The zero-order valence-corrected chi connectivity index (χ0v) is 17.6. The summed E-state index contributed by atoms with van der Waals surface area (Å²) in [6.45, 7) is 5.73. The van der Waals surface area contributed by atoms with Crippen molar-refractivity contribution in [1.29, 1.82) is 0 Å². The predicted octanol–water partition coefficient (Wildman–Crippen LogP) is 1.54. The number of thioether (sulfide) groups is 1. The first-order chi connectivity index (χ1) is 14.4. The largest absolute Gasteiger partial charge is 0.477 e. The zero-order chi connectivity index (χ0) is 21.2. The van der Waals surface area contributed by atoms with Crippen LogP contribution in [0.4, 0.5) is 5.69 Å². The van der Waals surface area contributed by atoms with Gasteiger partial charge in [0.2, 0.25) is 5.91 Å². The number of hydrogen-bond donors (Lipinski definition) is 3. The number of rotatable bonds is 4. The number of carboxylic acid groups (broad SMARTS) is 1. The van der Waals surface area contributed by atoms with Crippen LogP contribution in [0.1, 0.15) is 19.4 Å². The van der Waals surface area contributed by atoms with Crippen LogP contribution in [0, 0.1) is 11.8 Å². The molecule has 30 heavy (non-hydrogen) atoms. The first-order valence-electron chi connectivity index (χ1n) is 10.2. The number of anilines is 1. The van der Waals surface area contributed by atoms with Crippen molar-refractivity contribution in [2.75, 3.05) is 18.4 Å². The van der Waals surface area contributed by atoms with E-state index >= 15 is 0 Å². The number of hydrogen-bond acceptors (Lipinski definition) is 7. The molecule has 9 heteroatoms. The molecule has 1 aromatic rings. The van der Waals surface area contributed by atoms with Gasteiger partial charge in [-0.2, -0.15) is 0 Å². The number of carbonyl (C=O) groups excluding carboxylic acids is 1. The van der Waals surface area contributed by atoms with Gasteiger partial charge < -0.3 is 25.3 Å². The fraction of sp³-hybridized carbons (Fsp3) is 0.476. The summed E-state index contributed by atoms with van der Waals surface area (Å²) in [7, 11) is 0. The molecule has 2 fully saturated rings. The van der Waals surface area contributed by atoms with Crippen LogP contribution in [0.25, 0.3) is 0 Å². The lowest BCUT2D eigenvalue weighted by molar-refractivity contribution is -0.163. The van der Waals surface area contributed by atoms with Gasteiger partial charge in [0, 0.05) is 34.8 Å². The van der Waals surface area contributed by atoms with Crippen molar-refractivity contribution in [1.82, 2.24) is 9.80 Å². The second kappa shape index (κ2) is 7.02. The van der Waals surface area contributed by atoms with E-state index in [-0.39, 0.29) is 28.8 Å². The maximum Gasteiger partial charge on any atom is 0.353 e. The zero-order valence-electron chi connectivity index (χ0n) is 16.8. The van der Waals surface area contributed by atoms with Crippen LogP contribution in [0.15, 0.2) is 39.9 Å². The Bertz CT molecular complexity index is 985. The van der Waals surface area contributed by atoms with E-state index in [1.54, 1.807) is 18.7 Å². The number of amides is 1. The summed E-state index contributed by atoms with van der Waals surface area (Å²) in [5, 5.41) is 23.3. The standard InChI is InChI=1S/C21H24N4O4S/c1-10-16-15(11(2)26)19(27)25(16)17(20(28)29)18(10)30-13-8-24(9-13)21-22-7-12-5-3-4-6-14(12)23-21/h3-6,10-11,13,15-16,26H,7-9H2,1-2H3,(H,22,23)(H,28,29)/t10-,11-,15-,16-/m1/s1. The Morgan fingerprint density at radius 1 is 1.33 bits per heavy atom. The fourth-order valence-electron chi connectivity index (χ4n) is 4.82. The number of likely N-dealkylation sites (tertiary alicyclic amines) is 1. The van der Waals surface area contributed by atoms with Crippen LogP contribution in [0.2, 0.25) is 0 Å². The Labute approximate surface area is 178 Å². The molecule has 2 saturated heterocycles. The van der Waals surface area contributed by atoms with Gasteiger partial charge >= 0.3 is 5.97 Å². The fourth-order valence-corrected chi connectivity index (χ4v) is 6.34. The van der Waals surface area contributed by atoms with E-state index in [4.69, 9.17) is 0 Å². The normalized spacial score (nSPS) is 28.8. The number of β-lactam (4-membered cyclic amide) rings is 1. The highest BCUT2D eigenvalue weighted by Gasteiger charge is 2.60. The van der Waals surface area contributed by atoms with E-state index in [1.807, 2.05) is 25.1 Å². The van der Waals surface area contributed by atoms with E-state index in [2.05, 4.69) is 21.3 Å². The number of carbonyl (C=O) groups is 2. The molecule has 0 aliphatic carbocycles. The summed E-state index contributed by atoms with van der Waals surface area (Å²) in [6, 6.07) is 7.84. The third-order valence-corrected chi connectivity index (χ3v) is 7.87. The van der Waals surface area contributed by atoms with Gasteiger partial charge in [-0.25, -0.2) is 9.79 Å². The minimum absolute atomic E-state index is 0.0931. The molecule has 5 rings (SSSR count). The highest BCUT2D eigenvalue weighted by molar-refractivity contribution is 8.03. The number of aliphatic hydroxyl groups excluding tert-OH is 1. The first-order valence-corrected chi connectivity index (χ1v) is 11.0. The van der Waals surface area contributed by atoms with Crippen LogP contribution >= 0.6 is 11.8 Å². The minimum Gasteiger partial charge on any atom is -0.477 e.